The largest absolute Gasteiger partial charge is 0.375 e. The molecule has 0 unspecified atom stereocenters. The van der Waals surface area contributed by atoms with Crippen LogP contribution >= 0.6 is 12.2 Å². The Morgan fingerprint density at radius 3 is 2.56 bits per heavy atom. The number of carbonyl (C=O) groups is 1. The van der Waals surface area contributed by atoms with Crippen LogP contribution < -0.4 is 15.5 Å². The van der Waals surface area contributed by atoms with E-state index in [-0.39, 0.29) is 24.6 Å². The maximum Gasteiger partial charge on any atom is 0.250 e. The van der Waals surface area contributed by atoms with E-state index in [2.05, 4.69) is 52.0 Å². The quantitative estimate of drug-likeness (QED) is 0.558. The van der Waals surface area contributed by atoms with Gasteiger partial charge in [-0.05, 0) is 74.1 Å². The molecule has 1 aliphatic rings. The van der Waals surface area contributed by atoms with E-state index >= 15 is 0 Å². The van der Waals surface area contributed by atoms with E-state index in [1.54, 1.807) is 6.20 Å². The first-order chi connectivity index (χ1) is 15.4. The molecule has 166 valence electrons. The fourth-order valence-electron chi connectivity index (χ4n) is 4.17. The van der Waals surface area contributed by atoms with Crippen LogP contribution in [0.25, 0.3) is 0 Å². The Balaban J connectivity index is 1.73. The number of aryl methyl sites for hydroxylation is 1. The third-order valence-electron chi connectivity index (χ3n) is 5.94. The summed E-state index contributed by atoms with van der Waals surface area (Å²) in [6.07, 6.45) is 1.81. The first kappa shape index (κ1) is 22.0. The maximum atomic E-state index is 11.8. The van der Waals surface area contributed by atoms with Crippen molar-refractivity contribution in [3.05, 3.63) is 77.4 Å². The van der Waals surface area contributed by atoms with Gasteiger partial charge in [-0.25, -0.2) is 0 Å². The van der Waals surface area contributed by atoms with Gasteiger partial charge in [-0.1, -0.05) is 6.07 Å². The maximum absolute atomic E-state index is 11.8. The van der Waals surface area contributed by atoms with Crippen LogP contribution in [0, 0.1) is 13.8 Å². The number of benzene rings is 1. The van der Waals surface area contributed by atoms with Gasteiger partial charge in [-0.3, -0.25) is 9.78 Å². The summed E-state index contributed by atoms with van der Waals surface area (Å²) in [6, 6.07) is 15.7. The highest BCUT2D eigenvalue weighted by Gasteiger charge is 2.42. The van der Waals surface area contributed by atoms with E-state index in [0.717, 1.165) is 11.4 Å². The van der Waals surface area contributed by atoms with Crippen molar-refractivity contribution in [3.63, 3.8) is 0 Å². The van der Waals surface area contributed by atoms with E-state index < -0.39 is 0 Å². The highest BCUT2D eigenvalue weighted by atomic mass is 32.1. The number of nitrogens with one attached hydrogen (secondary N) is 2. The van der Waals surface area contributed by atoms with Crippen molar-refractivity contribution in [2.45, 2.75) is 25.9 Å². The second-order valence-electron chi connectivity index (χ2n) is 7.91. The normalized spacial score (nSPS) is 18.0. The SMILES string of the molecule is COCC(=O)Nc1ccc(N2C(=S)N[C@H](c3ccccn3)[C@H]2c2cc(C)n(C)c2C)cc1. The summed E-state index contributed by atoms with van der Waals surface area (Å²) in [5.74, 6) is -0.193. The number of nitrogens with zero attached hydrogens (tertiary/aromatic N) is 3. The number of thiocarbonyl (C=S) groups is 1. The summed E-state index contributed by atoms with van der Waals surface area (Å²) >= 11 is 5.79. The van der Waals surface area contributed by atoms with Gasteiger partial charge < -0.3 is 24.8 Å². The number of aromatic nitrogens is 2. The van der Waals surface area contributed by atoms with Gasteiger partial charge in [0.05, 0.1) is 17.8 Å². The number of pyridine rings is 1. The molecule has 0 saturated carbocycles. The van der Waals surface area contributed by atoms with Crippen LogP contribution in [0.3, 0.4) is 0 Å². The molecule has 3 heterocycles. The summed E-state index contributed by atoms with van der Waals surface area (Å²) in [5, 5.41) is 6.95. The lowest BCUT2D eigenvalue weighted by Crippen LogP contribution is -2.29. The number of anilines is 2. The molecule has 0 aliphatic carbocycles. The summed E-state index contributed by atoms with van der Waals surface area (Å²) in [4.78, 5) is 18.6. The zero-order valence-electron chi connectivity index (χ0n) is 18.6. The van der Waals surface area contributed by atoms with E-state index in [0.29, 0.717) is 10.8 Å². The van der Waals surface area contributed by atoms with Gasteiger partial charge in [-0.15, -0.1) is 0 Å². The third kappa shape index (κ3) is 4.11. The van der Waals surface area contributed by atoms with Crippen molar-refractivity contribution in [2.75, 3.05) is 23.9 Å². The van der Waals surface area contributed by atoms with Gasteiger partial charge in [-0.2, -0.15) is 0 Å². The lowest BCUT2D eigenvalue weighted by Gasteiger charge is -2.28. The first-order valence-electron chi connectivity index (χ1n) is 10.4. The predicted octanol–water partition coefficient (Wildman–Crippen LogP) is 3.80. The number of hydrogen-bond donors (Lipinski definition) is 2. The molecule has 32 heavy (non-hydrogen) atoms. The lowest BCUT2D eigenvalue weighted by atomic mass is 9.96. The zero-order chi connectivity index (χ0) is 22.8. The third-order valence-corrected chi connectivity index (χ3v) is 6.25. The van der Waals surface area contributed by atoms with Crippen LogP contribution in [0.15, 0.2) is 54.7 Å². The molecular formula is C24H27N5O2S. The van der Waals surface area contributed by atoms with E-state index in [4.69, 9.17) is 17.0 Å². The Morgan fingerprint density at radius 2 is 1.97 bits per heavy atom. The topological polar surface area (TPSA) is 71.4 Å². The Kier molecular flexibility index (Phi) is 6.25. The Labute approximate surface area is 193 Å². The fraction of sp³-hybridized carbons (Fsp3) is 0.292. The molecule has 2 N–H and O–H groups in total. The van der Waals surface area contributed by atoms with Gasteiger partial charge in [0.25, 0.3) is 0 Å². The number of carbonyl (C=O) groups excluding carboxylic acids is 1. The van der Waals surface area contributed by atoms with E-state index in [1.807, 2.05) is 42.5 Å². The average Bonchev–Trinajstić information content (AvgIpc) is 3.26. The van der Waals surface area contributed by atoms with E-state index in [1.165, 1.54) is 24.1 Å². The molecule has 1 aromatic carbocycles. The summed E-state index contributed by atoms with van der Waals surface area (Å²) < 4.78 is 7.07. The molecule has 1 saturated heterocycles. The fourth-order valence-corrected chi connectivity index (χ4v) is 4.51. The van der Waals surface area contributed by atoms with Crippen molar-refractivity contribution in [1.82, 2.24) is 14.9 Å². The summed E-state index contributed by atoms with van der Waals surface area (Å²) in [6.45, 7) is 4.25. The Hall–Kier alpha value is -3.23. The minimum absolute atomic E-state index is 0.0162. The number of rotatable bonds is 6. The molecule has 0 bridgehead atoms. The van der Waals surface area contributed by atoms with Crippen LogP contribution in [0.1, 0.15) is 34.7 Å². The van der Waals surface area contributed by atoms with Crippen LogP contribution in [-0.4, -0.2) is 34.3 Å². The number of amides is 1. The molecule has 1 aliphatic heterocycles. The number of methoxy groups -OCH3 is 1. The van der Waals surface area contributed by atoms with E-state index in [9.17, 15) is 4.79 Å². The minimum Gasteiger partial charge on any atom is -0.375 e. The van der Waals surface area contributed by atoms with Gasteiger partial charge in [0.1, 0.15) is 6.61 Å². The molecule has 7 nitrogen and oxygen atoms in total. The van der Waals surface area contributed by atoms with Gasteiger partial charge in [0.15, 0.2) is 5.11 Å². The minimum atomic E-state index is -0.193. The molecule has 1 amide bonds. The van der Waals surface area contributed by atoms with Crippen molar-refractivity contribution in [3.8, 4) is 0 Å². The van der Waals surface area contributed by atoms with Crippen LogP contribution in [0.4, 0.5) is 11.4 Å². The molecule has 1 fully saturated rings. The molecule has 0 radical (unpaired) electrons. The standard InChI is InChI=1S/C24H27N5O2S/c1-15-13-19(16(2)28(15)3)23-22(20-7-5-6-12-25-20)27-24(32)29(23)18-10-8-17(9-11-18)26-21(30)14-31-4/h5-13,22-23H,14H2,1-4H3,(H,26,30)(H,27,32)/t22-,23-/m1/s1. The Morgan fingerprint density at radius 1 is 1.22 bits per heavy atom. The van der Waals surface area contributed by atoms with Gasteiger partial charge in [0, 0.05) is 43.1 Å². The highest BCUT2D eigenvalue weighted by molar-refractivity contribution is 7.80. The smallest absolute Gasteiger partial charge is 0.250 e. The van der Waals surface area contributed by atoms with Crippen molar-refractivity contribution in [1.29, 1.82) is 0 Å². The molecule has 4 rings (SSSR count). The Bertz CT molecular complexity index is 1130. The van der Waals surface area contributed by atoms with Crippen LogP contribution in [-0.2, 0) is 16.6 Å². The second kappa shape index (κ2) is 9.10. The lowest BCUT2D eigenvalue weighted by molar-refractivity contribution is -0.119. The number of ether oxygens (including phenoxy) is 1. The van der Waals surface area contributed by atoms with Crippen molar-refractivity contribution < 1.29 is 9.53 Å². The van der Waals surface area contributed by atoms with Crippen molar-refractivity contribution >= 4 is 34.6 Å². The predicted molar refractivity (Wildman–Crippen MR) is 130 cm³/mol. The van der Waals surface area contributed by atoms with Crippen LogP contribution in [0.2, 0.25) is 0 Å². The monoisotopic (exact) mass is 449 g/mol. The molecule has 2 atom stereocenters. The molecule has 0 spiro atoms. The molecule has 2 aromatic heterocycles. The second-order valence-corrected chi connectivity index (χ2v) is 8.30. The average molecular weight is 450 g/mol. The van der Waals surface area contributed by atoms with Crippen LogP contribution in [0.5, 0.6) is 0 Å². The number of hydrogen-bond acceptors (Lipinski definition) is 4. The van der Waals surface area contributed by atoms with Gasteiger partial charge in [0.2, 0.25) is 5.91 Å². The molecule has 3 aromatic rings. The summed E-state index contributed by atoms with van der Waals surface area (Å²) in [5.41, 5.74) is 6.16. The molecular weight excluding hydrogens is 422 g/mol. The first-order valence-corrected chi connectivity index (χ1v) is 10.8. The van der Waals surface area contributed by atoms with Gasteiger partial charge >= 0.3 is 0 Å². The summed E-state index contributed by atoms with van der Waals surface area (Å²) in [7, 11) is 3.57. The highest BCUT2D eigenvalue weighted by Crippen LogP contribution is 2.43. The zero-order valence-corrected chi connectivity index (χ0v) is 19.4. The molecule has 8 heteroatoms. The van der Waals surface area contributed by atoms with Crippen molar-refractivity contribution in [2.24, 2.45) is 7.05 Å².